The van der Waals surface area contributed by atoms with Crippen LogP contribution in [-0.2, 0) is 16.3 Å². The Morgan fingerprint density at radius 1 is 1.22 bits per heavy atom. The maximum Gasteiger partial charge on any atom is 0.148 e. The standard InChI is InChI=1S/C14H23NO2S/c1-3-15-14(12-18(2,16)17)11-7-10-13-8-5-4-6-9-13/h4-6,8-9,14-15H,3,7,10-12H2,1-2H3. The predicted molar refractivity (Wildman–Crippen MR) is 76.6 cm³/mol. The smallest absolute Gasteiger partial charge is 0.148 e. The molecule has 4 heteroatoms. The van der Waals surface area contributed by atoms with E-state index < -0.39 is 9.84 Å². The number of rotatable bonds is 8. The van der Waals surface area contributed by atoms with Gasteiger partial charge in [-0.3, -0.25) is 0 Å². The molecule has 1 atom stereocenters. The van der Waals surface area contributed by atoms with E-state index in [1.54, 1.807) is 0 Å². The van der Waals surface area contributed by atoms with Gasteiger partial charge in [-0.25, -0.2) is 8.42 Å². The van der Waals surface area contributed by atoms with Gasteiger partial charge in [-0.15, -0.1) is 0 Å². The van der Waals surface area contributed by atoms with E-state index in [1.165, 1.54) is 11.8 Å². The average molecular weight is 269 g/mol. The van der Waals surface area contributed by atoms with E-state index in [4.69, 9.17) is 0 Å². The summed E-state index contributed by atoms with van der Waals surface area (Å²) >= 11 is 0. The highest BCUT2D eigenvalue weighted by Crippen LogP contribution is 2.07. The third-order valence-corrected chi connectivity index (χ3v) is 3.87. The van der Waals surface area contributed by atoms with E-state index in [-0.39, 0.29) is 11.8 Å². The summed E-state index contributed by atoms with van der Waals surface area (Å²) in [5.74, 6) is 0.232. The zero-order chi connectivity index (χ0) is 13.4. The van der Waals surface area contributed by atoms with Crippen molar-refractivity contribution in [2.75, 3.05) is 18.6 Å². The van der Waals surface area contributed by atoms with Crippen molar-refractivity contribution in [2.24, 2.45) is 0 Å². The van der Waals surface area contributed by atoms with Gasteiger partial charge in [0, 0.05) is 12.3 Å². The minimum absolute atomic E-state index is 0.0775. The van der Waals surface area contributed by atoms with Crippen molar-refractivity contribution >= 4 is 9.84 Å². The quantitative estimate of drug-likeness (QED) is 0.785. The highest BCUT2D eigenvalue weighted by atomic mass is 32.2. The molecule has 1 unspecified atom stereocenters. The average Bonchev–Trinajstić information content (AvgIpc) is 2.28. The molecule has 0 aliphatic rings. The molecule has 0 spiro atoms. The zero-order valence-electron chi connectivity index (χ0n) is 11.2. The van der Waals surface area contributed by atoms with Crippen molar-refractivity contribution in [3.8, 4) is 0 Å². The maximum atomic E-state index is 11.3. The van der Waals surface area contributed by atoms with Gasteiger partial charge in [-0.2, -0.15) is 0 Å². The van der Waals surface area contributed by atoms with Crippen LogP contribution in [0.25, 0.3) is 0 Å². The van der Waals surface area contributed by atoms with Gasteiger partial charge in [-0.05, 0) is 31.4 Å². The lowest BCUT2D eigenvalue weighted by Crippen LogP contribution is -2.35. The second-order valence-corrected chi connectivity index (χ2v) is 6.91. The Balaban J connectivity index is 2.38. The topological polar surface area (TPSA) is 46.2 Å². The lowest BCUT2D eigenvalue weighted by Gasteiger charge is -2.16. The normalized spacial score (nSPS) is 13.4. The fourth-order valence-corrected chi connectivity index (χ4v) is 3.11. The molecule has 102 valence electrons. The van der Waals surface area contributed by atoms with Gasteiger partial charge in [0.1, 0.15) is 9.84 Å². The lowest BCUT2D eigenvalue weighted by atomic mass is 10.1. The Bertz CT molecular complexity index is 428. The largest absolute Gasteiger partial charge is 0.313 e. The summed E-state index contributed by atoms with van der Waals surface area (Å²) in [4.78, 5) is 0. The fraction of sp³-hybridized carbons (Fsp3) is 0.571. The first kappa shape index (κ1) is 15.2. The van der Waals surface area contributed by atoms with E-state index in [1.807, 2.05) is 25.1 Å². The summed E-state index contributed by atoms with van der Waals surface area (Å²) in [5, 5.41) is 3.25. The molecule has 0 aromatic heterocycles. The molecule has 0 saturated carbocycles. The molecule has 0 radical (unpaired) electrons. The van der Waals surface area contributed by atoms with Crippen LogP contribution in [0, 0.1) is 0 Å². The lowest BCUT2D eigenvalue weighted by molar-refractivity contribution is 0.505. The molecule has 1 aromatic carbocycles. The first-order valence-electron chi connectivity index (χ1n) is 6.46. The second-order valence-electron chi connectivity index (χ2n) is 4.72. The van der Waals surface area contributed by atoms with Gasteiger partial charge in [0.2, 0.25) is 0 Å². The van der Waals surface area contributed by atoms with E-state index in [9.17, 15) is 8.42 Å². The highest BCUT2D eigenvalue weighted by molar-refractivity contribution is 7.90. The SMILES string of the molecule is CCNC(CCCc1ccccc1)CS(C)(=O)=O. The highest BCUT2D eigenvalue weighted by Gasteiger charge is 2.13. The van der Waals surface area contributed by atoms with Crippen molar-refractivity contribution in [1.82, 2.24) is 5.32 Å². The summed E-state index contributed by atoms with van der Waals surface area (Å²) in [5.41, 5.74) is 1.31. The van der Waals surface area contributed by atoms with Crippen molar-refractivity contribution in [3.05, 3.63) is 35.9 Å². The van der Waals surface area contributed by atoms with Gasteiger partial charge in [0.15, 0.2) is 0 Å². The molecule has 1 N–H and O–H groups in total. The van der Waals surface area contributed by atoms with Crippen LogP contribution in [0.5, 0.6) is 0 Å². The summed E-state index contributed by atoms with van der Waals surface area (Å²) < 4.78 is 22.6. The van der Waals surface area contributed by atoms with E-state index >= 15 is 0 Å². The van der Waals surface area contributed by atoms with Crippen LogP contribution in [0.3, 0.4) is 0 Å². The summed E-state index contributed by atoms with van der Waals surface area (Å²) in [6.45, 7) is 2.82. The predicted octanol–water partition coefficient (Wildman–Crippen LogP) is 2.03. The van der Waals surface area contributed by atoms with Crippen molar-refractivity contribution < 1.29 is 8.42 Å². The molecule has 1 aromatic rings. The minimum atomic E-state index is -2.90. The van der Waals surface area contributed by atoms with Crippen molar-refractivity contribution in [1.29, 1.82) is 0 Å². The van der Waals surface area contributed by atoms with Crippen LogP contribution in [0.4, 0.5) is 0 Å². The maximum absolute atomic E-state index is 11.3. The number of aryl methyl sites for hydroxylation is 1. The molecule has 3 nitrogen and oxygen atoms in total. The first-order valence-corrected chi connectivity index (χ1v) is 8.52. The molecule has 18 heavy (non-hydrogen) atoms. The van der Waals surface area contributed by atoms with Crippen LogP contribution >= 0.6 is 0 Å². The number of benzene rings is 1. The Kier molecular flexibility index (Phi) is 6.36. The Morgan fingerprint density at radius 2 is 1.89 bits per heavy atom. The van der Waals surface area contributed by atoms with Gasteiger partial charge < -0.3 is 5.32 Å². The van der Waals surface area contributed by atoms with Gasteiger partial charge >= 0.3 is 0 Å². The molecule has 0 aliphatic carbocycles. The molecule has 0 saturated heterocycles. The molecule has 0 fully saturated rings. The van der Waals surface area contributed by atoms with Crippen LogP contribution < -0.4 is 5.32 Å². The molecule has 0 aliphatic heterocycles. The first-order chi connectivity index (χ1) is 8.51. The Hall–Kier alpha value is -0.870. The van der Waals surface area contributed by atoms with Gasteiger partial charge in [0.25, 0.3) is 0 Å². The number of hydrogen-bond acceptors (Lipinski definition) is 3. The Labute approximate surface area is 111 Å². The van der Waals surface area contributed by atoms with Gasteiger partial charge in [0.05, 0.1) is 5.75 Å². The van der Waals surface area contributed by atoms with Crippen LogP contribution in [-0.4, -0.2) is 33.0 Å². The minimum Gasteiger partial charge on any atom is -0.313 e. The van der Waals surface area contributed by atoms with Crippen molar-refractivity contribution in [3.63, 3.8) is 0 Å². The molecular formula is C14H23NO2S. The zero-order valence-corrected chi connectivity index (χ0v) is 12.0. The monoisotopic (exact) mass is 269 g/mol. The summed E-state index contributed by atoms with van der Waals surface area (Å²) in [6, 6.07) is 10.4. The second kappa shape index (κ2) is 7.54. The van der Waals surface area contributed by atoms with Crippen LogP contribution in [0.1, 0.15) is 25.3 Å². The summed E-state index contributed by atoms with van der Waals surface area (Å²) in [7, 11) is -2.90. The number of hydrogen-bond donors (Lipinski definition) is 1. The number of sulfone groups is 1. The van der Waals surface area contributed by atoms with Crippen LogP contribution in [0.15, 0.2) is 30.3 Å². The van der Waals surface area contributed by atoms with Gasteiger partial charge in [-0.1, -0.05) is 37.3 Å². The molecule has 0 amide bonds. The molecular weight excluding hydrogens is 246 g/mol. The Morgan fingerprint density at radius 3 is 2.44 bits per heavy atom. The fourth-order valence-electron chi connectivity index (χ4n) is 2.10. The van der Waals surface area contributed by atoms with Crippen molar-refractivity contribution in [2.45, 2.75) is 32.2 Å². The molecule has 1 rings (SSSR count). The number of nitrogens with one attached hydrogen (secondary N) is 1. The third kappa shape index (κ3) is 6.77. The molecule has 0 heterocycles. The summed E-state index contributed by atoms with van der Waals surface area (Å²) in [6.07, 6.45) is 4.22. The molecule has 0 bridgehead atoms. The van der Waals surface area contributed by atoms with E-state index in [0.717, 1.165) is 25.8 Å². The van der Waals surface area contributed by atoms with E-state index in [2.05, 4.69) is 17.4 Å². The third-order valence-electron chi connectivity index (χ3n) is 2.86. The van der Waals surface area contributed by atoms with E-state index in [0.29, 0.717) is 0 Å². The van der Waals surface area contributed by atoms with Crippen LogP contribution in [0.2, 0.25) is 0 Å².